The molecule has 0 aromatic heterocycles. The molecule has 8 heteroatoms. The number of carbonyl (C=O) groups excluding carboxylic acids is 1. The highest BCUT2D eigenvalue weighted by molar-refractivity contribution is 5.93. The predicted octanol–water partition coefficient (Wildman–Crippen LogP) is 2.07. The molecule has 1 fully saturated rings. The number of ether oxygens (including phenoxy) is 3. The SMILES string of the molecule is COc1ccc2c(c1)OC(C(O)CN1CCN(CC(=O)Nc3c(C)cccc3C)CC1)CO2. The Bertz CT molecular complexity index is 954. The molecule has 2 aromatic carbocycles. The topological polar surface area (TPSA) is 83.5 Å². The van der Waals surface area contributed by atoms with Gasteiger partial charge in [0.05, 0.1) is 13.7 Å². The van der Waals surface area contributed by atoms with Crippen molar-refractivity contribution in [1.82, 2.24) is 9.80 Å². The number of aliphatic hydroxyl groups excluding tert-OH is 1. The van der Waals surface area contributed by atoms with Gasteiger partial charge in [-0.3, -0.25) is 14.6 Å². The van der Waals surface area contributed by atoms with Crippen LogP contribution in [-0.2, 0) is 4.79 Å². The van der Waals surface area contributed by atoms with Crippen molar-refractivity contribution >= 4 is 11.6 Å². The zero-order valence-corrected chi connectivity index (χ0v) is 19.5. The fraction of sp³-hybridized carbons (Fsp3) is 0.480. The quantitative estimate of drug-likeness (QED) is 0.661. The number of aliphatic hydroxyl groups is 1. The first-order valence-corrected chi connectivity index (χ1v) is 11.4. The van der Waals surface area contributed by atoms with E-state index in [1.807, 2.05) is 44.2 Å². The third-order valence-electron chi connectivity index (χ3n) is 6.28. The normalized spacial score (nSPS) is 19.7. The number of carbonyl (C=O) groups is 1. The fourth-order valence-electron chi connectivity index (χ4n) is 4.29. The number of piperazine rings is 1. The number of amides is 1. The Morgan fingerprint density at radius 2 is 1.82 bits per heavy atom. The number of rotatable bonds is 7. The summed E-state index contributed by atoms with van der Waals surface area (Å²) in [5, 5.41) is 13.8. The first-order valence-electron chi connectivity index (χ1n) is 11.4. The van der Waals surface area contributed by atoms with Gasteiger partial charge in [-0.15, -0.1) is 0 Å². The third kappa shape index (κ3) is 5.76. The zero-order chi connectivity index (χ0) is 23.4. The maximum absolute atomic E-state index is 12.6. The summed E-state index contributed by atoms with van der Waals surface area (Å²) in [6.07, 6.45) is -1.12. The molecule has 0 saturated carbocycles. The van der Waals surface area contributed by atoms with Gasteiger partial charge in [-0.25, -0.2) is 0 Å². The van der Waals surface area contributed by atoms with Crippen LogP contribution in [0.5, 0.6) is 17.2 Å². The van der Waals surface area contributed by atoms with Gasteiger partial charge in [0.25, 0.3) is 0 Å². The largest absolute Gasteiger partial charge is 0.497 e. The number of nitrogens with zero attached hydrogens (tertiary/aromatic N) is 2. The summed E-state index contributed by atoms with van der Waals surface area (Å²) in [5.74, 6) is 1.93. The lowest BCUT2D eigenvalue weighted by molar-refractivity contribution is -0.117. The number of anilines is 1. The molecule has 2 heterocycles. The van der Waals surface area contributed by atoms with Gasteiger partial charge in [0.1, 0.15) is 18.5 Å². The van der Waals surface area contributed by atoms with E-state index in [0.29, 0.717) is 36.9 Å². The number of methoxy groups -OCH3 is 1. The molecular formula is C25H33N3O5. The maximum atomic E-state index is 12.6. The molecule has 4 rings (SSSR count). The number of β-amino-alcohol motifs (C(OH)–C–C–N with tert-alkyl or cyclic N) is 1. The van der Waals surface area contributed by atoms with Crippen LogP contribution >= 0.6 is 0 Å². The maximum Gasteiger partial charge on any atom is 0.238 e. The van der Waals surface area contributed by atoms with Gasteiger partial charge in [0, 0.05) is 44.5 Å². The lowest BCUT2D eigenvalue weighted by Gasteiger charge is -2.37. The Labute approximate surface area is 195 Å². The van der Waals surface area contributed by atoms with E-state index in [2.05, 4.69) is 15.1 Å². The number of para-hydroxylation sites is 1. The minimum Gasteiger partial charge on any atom is -0.497 e. The van der Waals surface area contributed by atoms with Crippen LogP contribution in [0.1, 0.15) is 11.1 Å². The molecule has 178 valence electrons. The van der Waals surface area contributed by atoms with Gasteiger partial charge < -0.3 is 24.6 Å². The summed E-state index contributed by atoms with van der Waals surface area (Å²) in [4.78, 5) is 16.9. The fourth-order valence-corrected chi connectivity index (χ4v) is 4.29. The highest BCUT2D eigenvalue weighted by Gasteiger charge is 2.30. The Morgan fingerprint density at radius 3 is 2.52 bits per heavy atom. The number of aryl methyl sites for hydroxylation is 2. The summed E-state index contributed by atoms with van der Waals surface area (Å²) in [7, 11) is 1.60. The molecule has 2 atom stereocenters. The smallest absolute Gasteiger partial charge is 0.238 e. The van der Waals surface area contributed by atoms with Crippen molar-refractivity contribution in [2.75, 3.05) is 58.3 Å². The molecule has 0 bridgehead atoms. The van der Waals surface area contributed by atoms with Gasteiger partial charge in [-0.05, 0) is 37.1 Å². The zero-order valence-electron chi connectivity index (χ0n) is 19.5. The van der Waals surface area contributed by atoms with Crippen molar-refractivity contribution < 1.29 is 24.1 Å². The van der Waals surface area contributed by atoms with E-state index in [1.54, 1.807) is 13.2 Å². The van der Waals surface area contributed by atoms with Crippen LogP contribution in [-0.4, -0.2) is 86.0 Å². The summed E-state index contributed by atoms with van der Waals surface area (Å²) in [5.41, 5.74) is 3.03. The summed E-state index contributed by atoms with van der Waals surface area (Å²) in [6.45, 7) is 8.28. The molecule has 2 unspecified atom stereocenters. The molecule has 8 nitrogen and oxygen atoms in total. The van der Waals surface area contributed by atoms with Crippen molar-refractivity contribution in [3.05, 3.63) is 47.5 Å². The van der Waals surface area contributed by atoms with E-state index < -0.39 is 12.2 Å². The number of hydrogen-bond donors (Lipinski definition) is 2. The minimum absolute atomic E-state index is 0.00253. The standard InChI is InChI=1S/C25H33N3O5/c1-17-5-4-6-18(2)25(17)26-24(30)15-28-11-9-27(10-12-28)14-20(29)23-16-32-21-8-7-19(31-3)13-22(21)33-23/h4-8,13,20,23,29H,9-12,14-16H2,1-3H3,(H,26,30). The van der Waals surface area contributed by atoms with E-state index in [9.17, 15) is 9.90 Å². The highest BCUT2D eigenvalue weighted by Crippen LogP contribution is 2.35. The average molecular weight is 456 g/mol. The molecule has 33 heavy (non-hydrogen) atoms. The molecular weight excluding hydrogens is 422 g/mol. The summed E-state index contributed by atoms with van der Waals surface area (Å²) in [6, 6.07) is 11.4. The van der Waals surface area contributed by atoms with Crippen LogP contribution in [0, 0.1) is 13.8 Å². The van der Waals surface area contributed by atoms with Crippen molar-refractivity contribution in [3.63, 3.8) is 0 Å². The predicted molar refractivity (Wildman–Crippen MR) is 126 cm³/mol. The molecule has 1 saturated heterocycles. The first-order chi connectivity index (χ1) is 15.9. The summed E-state index contributed by atoms with van der Waals surface area (Å²) >= 11 is 0. The number of hydrogen-bond acceptors (Lipinski definition) is 7. The number of benzene rings is 2. The van der Waals surface area contributed by atoms with Gasteiger partial charge >= 0.3 is 0 Å². The van der Waals surface area contributed by atoms with E-state index in [0.717, 1.165) is 43.0 Å². The van der Waals surface area contributed by atoms with Gasteiger partial charge in [-0.2, -0.15) is 0 Å². The molecule has 0 aliphatic carbocycles. The van der Waals surface area contributed by atoms with Crippen LogP contribution in [0.2, 0.25) is 0 Å². The highest BCUT2D eigenvalue weighted by atomic mass is 16.6. The van der Waals surface area contributed by atoms with Crippen molar-refractivity contribution in [2.45, 2.75) is 26.1 Å². The van der Waals surface area contributed by atoms with Crippen LogP contribution in [0.3, 0.4) is 0 Å². The first kappa shape index (κ1) is 23.4. The second kappa shape index (κ2) is 10.4. The molecule has 0 spiro atoms. The number of fused-ring (bicyclic) bond motifs is 1. The number of nitrogens with one attached hydrogen (secondary N) is 1. The Kier molecular flexibility index (Phi) is 7.37. The van der Waals surface area contributed by atoms with Crippen LogP contribution in [0.15, 0.2) is 36.4 Å². The van der Waals surface area contributed by atoms with Gasteiger partial charge in [0.15, 0.2) is 17.6 Å². The van der Waals surface area contributed by atoms with E-state index in [4.69, 9.17) is 14.2 Å². The Morgan fingerprint density at radius 1 is 1.12 bits per heavy atom. The van der Waals surface area contributed by atoms with Crippen molar-refractivity contribution in [1.29, 1.82) is 0 Å². The second-order valence-electron chi connectivity index (χ2n) is 8.74. The van der Waals surface area contributed by atoms with Crippen molar-refractivity contribution in [2.24, 2.45) is 0 Å². The molecule has 0 radical (unpaired) electrons. The van der Waals surface area contributed by atoms with E-state index in [-0.39, 0.29) is 5.91 Å². The lowest BCUT2D eigenvalue weighted by atomic mass is 10.1. The Hall–Kier alpha value is -2.81. The van der Waals surface area contributed by atoms with Gasteiger partial charge in [-0.1, -0.05) is 18.2 Å². The molecule has 2 aliphatic rings. The molecule has 1 amide bonds. The molecule has 2 N–H and O–H groups in total. The summed E-state index contributed by atoms with van der Waals surface area (Å²) < 4.78 is 17.0. The van der Waals surface area contributed by atoms with Crippen LogP contribution in [0.25, 0.3) is 0 Å². The second-order valence-corrected chi connectivity index (χ2v) is 8.74. The monoisotopic (exact) mass is 455 g/mol. The van der Waals surface area contributed by atoms with Gasteiger partial charge in [0.2, 0.25) is 5.91 Å². The third-order valence-corrected chi connectivity index (χ3v) is 6.28. The van der Waals surface area contributed by atoms with Crippen molar-refractivity contribution in [3.8, 4) is 17.2 Å². The molecule has 2 aliphatic heterocycles. The lowest BCUT2D eigenvalue weighted by Crippen LogP contribution is -2.53. The average Bonchev–Trinajstić information content (AvgIpc) is 2.82. The van der Waals surface area contributed by atoms with E-state index >= 15 is 0 Å². The van der Waals surface area contributed by atoms with E-state index in [1.165, 1.54) is 0 Å². The van der Waals surface area contributed by atoms with Crippen LogP contribution < -0.4 is 19.5 Å². The Balaban J connectivity index is 1.22. The molecule has 2 aromatic rings. The van der Waals surface area contributed by atoms with Crippen LogP contribution in [0.4, 0.5) is 5.69 Å². The minimum atomic E-state index is -0.678.